The van der Waals surface area contributed by atoms with Gasteiger partial charge in [-0.1, -0.05) is 0 Å². The zero-order valence-electron chi connectivity index (χ0n) is 11.8. The van der Waals surface area contributed by atoms with Gasteiger partial charge in [-0.15, -0.1) is 0 Å². The first-order chi connectivity index (χ1) is 10.2. The van der Waals surface area contributed by atoms with Gasteiger partial charge in [0.05, 0.1) is 22.1 Å². The topological polar surface area (TPSA) is 77.3 Å². The number of ether oxygens (including phenoxy) is 1. The average Bonchev–Trinajstić information content (AvgIpc) is 2.89. The van der Waals surface area contributed by atoms with Gasteiger partial charge in [-0.3, -0.25) is 15.1 Å². The predicted octanol–water partition coefficient (Wildman–Crippen LogP) is 2.98. The Balaban J connectivity index is 1.89. The number of benzene rings is 1. The average molecular weight is 287 g/mol. The van der Waals surface area contributed by atoms with Crippen LogP contribution in [0.25, 0.3) is 10.9 Å². The highest BCUT2D eigenvalue weighted by atomic mass is 16.6. The zero-order valence-corrected chi connectivity index (χ0v) is 11.8. The lowest BCUT2D eigenvalue weighted by atomic mass is 10.0. The van der Waals surface area contributed by atoms with Gasteiger partial charge < -0.3 is 10.1 Å². The Hall–Kier alpha value is -2.21. The highest BCUT2D eigenvalue weighted by molar-refractivity contribution is 5.96. The molecule has 2 heterocycles. The molecule has 0 aliphatic carbocycles. The van der Waals surface area contributed by atoms with Crippen LogP contribution in [0.2, 0.25) is 0 Å². The maximum atomic E-state index is 11.1. The number of hydrogen-bond acceptors (Lipinski definition) is 5. The number of nitrogens with one attached hydrogen (secondary N) is 1. The number of non-ortho nitro benzene ring substituents is 1. The van der Waals surface area contributed by atoms with Crippen molar-refractivity contribution in [1.29, 1.82) is 0 Å². The van der Waals surface area contributed by atoms with Crippen LogP contribution in [0.4, 0.5) is 11.4 Å². The number of nitrogens with zero attached hydrogens (tertiary/aromatic N) is 2. The molecule has 21 heavy (non-hydrogen) atoms. The van der Waals surface area contributed by atoms with E-state index < -0.39 is 0 Å². The van der Waals surface area contributed by atoms with E-state index in [-0.39, 0.29) is 16.7 Å². The number of nitro groups is 1. The van der Waals surface area contributed by atoms with E-state index in [2.05, 4.69) is 17.2 Å². The van der Waals surface area contributed by atoms with Crippen molar-refractivity contribution < 1.29 is 9.66 Å². The highest BCUT2D eigenvalue weighted by Crippen LogP contribution is 2.30. The lowest BCUT2D eigenvalue weighted by molar-refractivity contribution is -0.383. The van der Waals surface area contributed by atoms with Crippen LogP contribution in [-0.2, 0) is 4.74 Å². The van der Waals surface area contributed by atoms with Crippen LogP contribution in [0.3, 0.4) is 0 Å². The molecule has 2 unspecified atom stereocenters. The molecule has 3 rings (SSSR count). The Kier molecular flexibility index (Phi) is 3.70. The molecule has 1 N–H and O–H groups in total. The van der Waals surface area contributed by atoms with Gasteiger partial charge in [0.15, 0.2) is 0 Å². The van der Waals surface area contributed by atoms with Crippen LogP contribution >= 0.6 is 0 Å². The third kappa shape index (κ3) is 2.67. The van der Waals surface area contributed by atoms with E-state index in [4.69, 9.17) is 4.74 Å². The van der Waals surface area contributed by atoms with Crippen molar-refractivity contribution in [2.75, 3.05) is 18.5 Å². The summed E-state index contributed by atoms with van der Waals surface area (Å²) in [5.41, 5.74) is 1.55. The number of hydrogen-bond donors (Lipinski definition) is 1. The summed E-state index contributed by atoms with van der Waals surface area (Å²) in [6.45, 7) is 3.66. The van der Waals surface area contributed by atoms with Crippen LogP contribution in [0.1, 0.15) is 13.3 Å². The Morgan fingerprint density at radius 3 is 3.05 bits per heavy atom. The van der Waals surface area contributed by atoms with Crippen LogP contribution < -0.4 is 5.32 Å². The van der Waals surface area contributed by atoms with Gasteiger partial charge in [0.2, 0.25) is 0 Å². The molecule has 110 valence electrons. The summed E-state index contributed by atoms with van der Waals surface area (Å²) in [7, 11) is 0. The molecule has 0 bridgehead atoms. The minimum absolute atomic E-state index is 0.0845. The third-order valence-corrected chi connectivity index (χ3v) is 4.03. The van der Waals surface area contributed by atoms with E-state index >= 15 is 0 Å². The van der Waals surface area contributed by atoms with E-state index in [1.165, 1.54) is 6.07 Å². The van der Waals surface area contributed by atoms with Crippen LogP contribution in [0.15, 0.2) is 30.5 Å². The maximum absolute atomic E-state index is 11.1. The predicted molar refractivity (Wildman–Crippen MR) is 80.4 cm³/mol. The van der Waals surface area contributed by atoms with Gasteiger partial charge in [-0.05, 0) is 31.5 Å². The van der Waals surface area contributed by atoms with E-state index in [0.29, 0.717) is 16.8 Å². The fourth-order valence-corrected chi connectivity index (χ4v) is 2.74. The molecule has 0 saturated carbocycles. The quantitative estimate of drug-likeness (QED) is 0.691. The molecule has 6 nitrogen and oxygen atoms in total. The maximum Gasteiger partial charge on any atom is 0.278 e. The summed E-state index contributed by atoms with van der Waals surface area (Å²) in [6.07, 6.45) is 2.93. The molecule has 1 aromatic heterocycles. The van der Waals surface area contributed by atoms with Gasteiger partial charge in [0.1, 0.15) is 5.52 Å². The number of aromatic nitrogens is 1. The second-order valence-electron chi connectivity index (χ2n) is 5.29. The fourth-order valence-electron chi connectivity index (χ4n) is 2.74. The summed E-state index contributed by atoms with van der Waals surface area (Å²) in [4.78, 5) is 15.0. The number of pyridine rings is 1. The molecule has 1 aliphatic heterocycles. The molecular weight excluding hydrogens is 270 g/mol. The number of rotatable bonds is 4. The summed E-state index contributed by atoms with van der Waals surface area (Å²) in [5.74, 6) is 0.457. The van der Waals surface area contributed by atoms with Crippen LogP contribution in [0.5, 0.6) is 0 Å². The molecule has 2 atom stereocenters. The van der Waals surface area contributed by atoms with E-state index in [9.17, 15) is 10.1 Å². The smallest absolute Gasteiger partial charge is 0.278 e. The Labute approximate surface area is 122 Å². The highest BCUT2D eigenvalue weighted by Gasteiger charge is 2.24. The molecule has 1 aliphatic rings. The number of nitro benzene ring substituents is 1. The first-order valence-electron chi connectivity index (χ1n) is 7.04. The summed E-state index contributed by atoms with van der Waals surface area (Å²) in [5, 5.41) is 15.0. The summed E-state index contributed by atoms with van der Waals surface area (Å²) >= 11 is 0. The van der Waals surface area contributed by atoms with E-state index in [1.807, 2.05) is 0 Å². The van der Waals surface area contributed by atoms with Gasteiger partial charge in [-0.25, -0.2) is 0 Å². The second kappa shape index (κ2) is 5.65. The van der Waals surface area contributed by atoms with Crippen molar-refractivity contribution in [3.8, 4) is 0 Å². The fraction of sp³-hybridized carbons (Fsp3) is 0.400. The molecular formula is C15H17N3O3. The number of anilines is 1. The molecule has 0 spiro atoms. The number of fused-ring (bicyclic) bond motifs is 1. The van der Waals surface area contributed by atoms with Crippen molar-refractivity contribution in [2.45, 2.75) is 19.4 Å². The van der Waals surface area contributed by atoms with Crippen LogP contribution in [-0.4, -0.2) is 29.2 Å². The van der Waals surface area contributed by atoms with Gasteiger partial charge >= 0.3 is 0 Å². The molecule has 1 fully saturated rings. The SMILES string of the molecule is CC1OCCC1CNc1ccc([N+](=O)[O-])c2cccnc12. The van der Waals surface area contributed by atoms with Crippen molar-refractivity contribution in [2.24, 2.45) is 5.92 Å². The normalized spacial score (nSPS) is 21.6. The monoisotopic (exact) mass is 287 g/mol. The minimum Gasteiger partial charge on any atom is -0.383 e. The summed E-state index contributed by atoms with van der Waals surface area (Å²) in [6, 6.07) is 6.70. The molecule has 6 heteroatoms. The zero-order chi connectivity index (χ0) is 14.8. The minimum atomic E-state index is -0.374. The van der Waals surface area contributed by atoms with E-state index in [0.717, 1.165) is 25.3 Å². The molecule has 0 amide bonds. The van der Waals surface area contributed by atoms with Crippen molar-refractivity contribution in [3.63, 3.8) is 0 Å². The molecule has 0 radical (unpaired) electrons. The first-order valence-corrected chi connectivity index (χ1v) is 7.04. The van der Waals surface area contributed by atoms with Crippen molar-refractivity contribution in [3.05, 3.63) is 40.6 Å². The third-order valence-electron chi connectivity index (χ3n) is 4.03. The van der Waals surface area contributed by atoms with Gasteiger partial charge in [0.25, 0.3) is 5.69 Å². The first kappa shape index (κ1) is 13.8. The molecule has 2 aromatic rings. The van der Waals surface area contributed by atoms with Gasteiger partial charge in [0, 0.05) is 31.3 Å². The van der Waals surface area contributed by atoms with Gasteiger partial charge in [-0.2, -0.15) is 0 Å². The van der Waals surface area contributed by atoms with E-state index in [1.54, 1.807) is 24.4 Å². The van der Waals surface area contributed by atoms with Crippen molar-refractivity contribution in [1.82, 2.24) is 4.98 Å². The Morgan fingerprint density at radius 1 is 1.48 bits per heavy atom. The molecule has 1 saturated heterocycles. The Morgan fingerprint density at radius 2 is 2.33 bits per heavy atom. The standard InChI is InChI=1S/C15H17N3O3/c1-10-11(6-8-21-10)9-17-13-4-5-14(18(19)20)12-3-2-7-16-15(12)13/h2-5,7,10-11,17H,6,8-9H2,1H3. The second-order valence-corrected chi connectivity index (χ2v) is 5.29. The molecule has 1 aromatic carbocycles. The van der Waals surface area contributed by atoms with Crippen LogP contribution in [0, 0.1) is 16.0 Å². The summed E-state index contributed by atoms with van der Waals surface area (Å²) < 4.78 is 5.55. The lowest BCUT2D eigenvalue weighted by Crippen LogP contribution is -2.20. The van der Waals surface area contributed by atoms with Crippen molar-refractivity contribution >= 4 is 22.3 Å². The lowest BCUT2D eigenvalue weighted by Gasteiger charge is -2.16. The Bertz CT molecular complexity index is 674. The largest absolute Gasteiger partial charge is 0.383 e.